The predicted molar refractivity (Wildman–Crippen MR) is 109 cm³/mol. The van der Waals surface area contributed by atoms with Crippen molar-refractivity contribution in [1.29, 1.82) is 0 Å². The standard InChI is InChI=1S/C18H18BrN3O4S/c1-3-26-15-9-8-11(19)10-13(15)16(23)20-18(27)22-21-17(24)12-6-4-5-7-14(12)25-2/h4-10H,3H2,1-2H3,(H,21,24)(H2,20,22,23,27). The number of methoxy groups -OCH3 is 1. The Hall–Kier alpha value is -2.65. The molecular formula is C18H18BrN3O4S. The van der Waals surface area contributed by atoms with Crippen molar-refractivity contribution in [3.63, 3.8) is 0 Å². The minimum atomic E-state index is -0.469. The van der Waals surface area contributed by atoms with Gasteiger partial charge in [0.1, 0.15) is 11.5 Å². The van der Waals surface area contributed by atoms with Crippen LogP contribution < -0.4 is 25.6 Å². The molecule has 2 amide bonds. The summed E-state index contributed by atoms with van der Waals surface area (Å²) in [6, 6.07) is 11.8. The van der Waals surface area contributed by atoms with Gasteiger partial charge in [-0.15, -0.1) is 0 Å². The van der Waals surface area contributed by atoms with E-state index < -0.39 is 11.8 Å². The second-order valence-corrected chi connectivity index (χ2v) is 6.46. The van der Waals surface area contributed by atoms with Crippen LogP contribution in [0.25, 0.3) is 0 Å². The molecule has 0 aliphatic heterocycles. The van der Waals surface area contributed by atoms with Gasteiger partial charge < -0.3 is 9.47 Å². The van der Waals surface area contributed by atoms with Gasteiger partial charge >= 0.3 is 0 Å². The maximum atomic E-state index is 12.4. The van der Waals surface area contributed by atoms with E-state index in [-0.39, 0.29) is 5.11 Å². The number of para-hydroxylation sites is 1. The fraction of sp³-hybridized carbons (Fsp3) is 0.167. The number of halogens is 1. The number of hydrogen-bond donors (Lipinski definition) is 3. The molecule has 0 bridgehead atoms. The summed E-state index contributed by atoms with van der Waals surface area (Å²) in [6.07, 6.45) is 0. The van der Waals surface area contributed by atoms with Gasteiger partial charge in [-0.1, -0.05) is 28.1 Å². The number of hydrogen-bond acceptors (Lipinski definition) is 5. The van der Waals surface area contributed by atoms with Crippen molar-refractivity contribution in [3.8, 4) is 11.5 Å². The van der Waals surface area contributed by atoms with Gasteiger partial charge in [-0.3, -0.25) is 25.8 Å². The van der Waals surface area contributed by atoms with Crippen molar-refractivity contribution in [2.24, 2.45) is 0 Å². The normalized spacial score (nSPS) is 9.89. The number of nitrogens with one attached hydrogen (secondary N) is 3. The van der Waals surface area contributed by atoms with Crippen LogP contribution in [0, 0.1) is 0 Å². The molecule has 0 aromatic heterocycles. The summed E-state index contributed by atoms with van der Waals surface area (Å²) in [5.41, 5.74) is 5.54. The van der Waals surface area contributed by atoms with Gasteiger partial charge in [0.15, 0.2) is 5.11 Å². The van der Waals surface area contributed by atoms with E-state index in [1.165, 1.54) is 7.11 Å². The lowest BCUT2D eigenvalue weighted by Gasteiger charge is -2.14. The van der Waals surface area contributed by atoms with Crippen LogP contribution in [0.2, 0.25) is 0 Å². The first-order valence-corrected chi connectivity index (χ1v) is 9.13. The molecule has 27 heavy (non-hydrogen) atoms. The number of amides is 2. The van der Waals surface area contributed by atoms with E-state index >= 15 is 0 Å². The van der Waals surface area contributed by atoms with E-state index in [4.69, 9.17) is 21.7 Å². The highest BCUT2D eigenvalue weighted by Crippen LogP contribution is 2.23. The fourth-order valence-corrected chi connectivity index (χ4v) is 2.68. The second-order valence-electron chi connectivity index (χ2n) is 5.14. The fourth-order valence-electron chi connectivity index (χ4n) is 2.18. The molecule has 0 unspecified atom stereocenters. The Morgan fingerprint density at radius 1 is 1.04 bits per heavy atom. The van der Waals surface area contributed by atoms with Gasteiger partial charge in [0.2, 0.25) is 0 Å². The summed E-state index contributed by atoms with van der Waals surface area (Å²) in [6.45, 7) is 2.24. The van der Waals surface area contributed by atoms with E-state index in [0.717, 1.165) is 4.47 Å². The van der Waals surface area contributed by atoms with E-state index in [0.29, 0.717) is 29.2 Å². The Morgan fingerprint density at radius 2 is 1.78 bits per heavy atom. The van der Waals surface area contributed by atoms with Crippen LogP contribution in [0.4, 0.5) is 0 Å². The molecule has 0 aliphatic rings. The van der Waals surface area contributed by atoms with Crippen LogP contribution in [-0.2, 0) is 0 Å². The summed E-state index contributed by atoms with van der Waals surface area (Å²) in [5, 5.41) is 2.43. The summed E-state index contributed by atoms with van der Waals surface area (Å²) in [5.74, 6) is -0.0772. The SMILES string of the molecule is CCOc1ccc(Br)cc1C(=O)NC(=S)NNC(=O)c1ccccc1OC. The molecule has 0 spiro atoms. The van der Waals surface area contributed by atoms with E-state index in [1.54, 1.807) is 42.5 Å². The average molecular weight is 452 g/mol. The Labute approximate surface area is 170 Å². The number of carbonyl (C=O) groups excluding carboxylic acids is 2. The minimum Gasteiger partial charge on any atom is -0.496 e. The van der Waals surface area contributed by atoms with Crippen LogP contribution in [0.5, 0.6) is 11.5 Å². The zero-order chi connectivity index (χ0) is 19.8. The Morgan fingerprint density at radius 3 is 2.48 bits per heavy atom. The monoisotopic (exact) mass is 451 g/mol. The summed E-state index contributed by atoms with van der Waals surface area (Å²) in [7, 11) is 1.47. The van der Waals surface area contributed by atoms with Gasteiger partial charge in [-0.25, -0.2) is 0 Å². The van der Waals surface area contributed by atoms with Gasteiger partial charge in [-0.05, 0) is 49.5 Å². The first-order chi connectivity index (χ1) is 13.0. The van der Waals surface area contributed by atoms with Crippen LogP contribution in [0.15, 0.2) is 46.9 Å². The molecule has 3 N–H and O–H groups in total. The minimum absolute atomic E-state index is 0.0642. The summed E-state index contributed by atoms with van der Waals surface area (Å²) in [4.78, 5) is 24.7. The quantitative estimate of drug-likeness (QED) is 0.478. The molecule has 2 aromatic rings. The Bertz CT molecular complexity index is 860. The van der Waals surface area contributed by atoms with Crippen LogP contribution >= 0.6 is 28.1 Å². The van der Waals surface area contributed by atoms with Crippen molar-refractivity contribution < 1.29 is 19.1 Å². The van der Waals surface area contributed by atoms with Crippen molar-refractivity contribution in [3.05, 3.63) is 58.1 Å². The molecule has 2 aromatic carbocycles. The van der Waals surface area contributed by atoms with Gasteiger partial charge in [0, 0.05) is 4.47 Å². The molecule has 142 valence electrons. The molecule has 0 atom stereocenters. The molecule has 2 rings (SSSR count). The highest BCUT2D eigenvalue weighted by Gasteiger charge is 2.16. The number of hydrazine groups is 1. The molecule has 0 heterocycles. The highest BCUT2D eigenvalue weighted by atomic mass is 79.9. The number of ether oxygens (including phenoxy) is 2. The lowest BCUT2D eigenvalue weighted by atomic mass is 10.2. The molecule has 9 heteroatoms. The molecule has 0 aliphatic carbocycles. The van der Waals surface area contributed by atoms with Crippen molar-refractivity contribution in [1.82, 2.24) is 16.2 Å². The zero-order valence-electron chi connectivity index (χ0n) is 14.7. The van der Waals surface area contributed by atoms with Crippen LogP contribution in [0.1, 0.15) is 27.6 Å². The molecule has 0 saturated heterocycles. The summed E-state index contributed by atoms with van der Waals surface area (Å²) < 4.78 is 11.3. The second kappa shape index (κ2) is 9.89. The van der Waals surface area contributed by atoms with E-state index in [1.807, 2.05) is 6.92 Å². The van der Waals surface area contributed by atoms with E-state index in [2.05, 4.69) is 32.1 Å². The van der Waals surface area contributed by atoms with Crippen LogP contribution in [-0.4, -0.2) is 30.6 Å². The largest absolute Gasteiger partial charge is 0.496 e. The molecule has 0 saturated carbocycles. The van der Waals surface area contributed by atoms with E-state index in [9.17, 15) is 9.59 Å². The molecule has 0 fully saturated rings. The zero-order valence-corrected chi connectivity index (χ0v) is 17.1. The van der Waals surface area contributed by atoms with Gasteiger partial charge in [0.25, 0.3) is 11.8 Å². The third kappa shape index (κ3) is 5.66. The molecular weight excluding hydrogens is 434 g/mol. The topological polar surface area (TPSA) is 88.7 Å². The maximum absolute atomic E-state index is 12.4. The predicted octanol–water partition coefficient (Wildman–Crippen LogP) is 2.81. The third-order valence-electron chi connectivity index (χ3n) is 3.35. The molecule has 7 nitrogen and oxygen atoms in total. The number of rotatable bonds is 5. The maximum Gasteiger partial charge on any atom is 0.273 e. The summed E-state index contributed by atoms with van der Waals surface area (Å²) >= 11 is 8.38. The number of carbonyl (C=O) groups is 2. The number of thiocarbonyl (C=S) groups is 1. The lowest BCUT2D eigenvalue weighted by Crippen LogP contribution is -2.48. The third-order valence-corrected chi connectivity index (χ3v) is 4.05. The van der Waals surface area contributed by atoms with Gasteiger partial charge in [-0.2, -0.15) is 0 Å². The lowest BCUT2D eigenvalue weighted by molar-refractivity contribution is 0.0931. The smallest absolute Gasteiger partial charge is 0.273 e. The van der Waals surface area contributed by atoms with Crippen LogP contribution in [0.3, 0.4) is 0 Å². The van der Waals surface area contributed by atoms with Gasteiger partial charge in [0.05, 0.1) is 24.8 Å². The van der Waals surface area contributed by atoms with Crippen molar-refractivity contribution in [2.75, 3.05) is 13.7 Å². The highest BCUT2D eigenvalue weighted by molar-refractivity contribution is 9.10. The average Bonchev–Trinajstić information content (AvgIpc) is 2.67. The first-order valence-electron chi connectivity index (χ1n) is 7.93. The Balaban J connectivity index is 1.99. The first kappa shape index (κ1) is 20.7. The van der Waals surface area contributed by atoms with Crippen molar-refractivity contribution in [2.45, 2.75) is 6.92 Å². The van der Waals surface area contributed by atoms with Crippen molar-refractivity contribution >= 4 is 45.1 Å². The number of benzene rings is 2. The Kier molecular flexibility index (Phi) is 7.56. The molecule has 0 radical (unpaired) electrons.